The first-order valence-electron chi connectivity index (χ1n) is 5.33. The SMILES string of the molecule is Cc1ccc(Sc2ccccc2[NH3+])c(C)c1. The molecule has 2 heteroatoms. The first-order chi connectivity index (χ1) is 7.66. The lowest BCUT2D eigenvalue weighted by Crippen LogP contribution is -2.40. The van der Waals surface area contributed by atoms with E-state index in [1.165, 1.54) is 20.9 Å². The summed E-state index contributed by atoms with van der Waals surface area (Å²) in [5.74, 6) is 0. The monoisotopic (exact) mass is 230 g/mol. The molecule has 82 valence electrons. The highest BCUT2D eigenvalue weighted by Gasteiger charge is 2.05. The molecule has 0 aliphatic carbocycles. The van der Waals surface area contributed by atoms with Gasteiger partial charge in [-0.1, -0.05) is 41.6 Å². The average molecular weight is 230 g/mol. The van der Waals surface area contributed by atoms with Gasteiger partial charge in [-0.3, -0.25) is 0 Å². The van der Waals surface area contributed by atoms with Crippen LogP contribution in [0.5, 0.6) is 0 Å². The first-order valence-corrected chi connectivity index (χ1v) is 6.14. The van der Waals surface area contributed by atoms with E-state index in [1.807, 2.05) is 12.1 Å². The topological polar surface area (TPSA) is 27.6 Å². The van der Waals surface area contributed by atoms with Crippen LogP contribution in [0.2, 0.25) is 0 Å². The van der Waals surface area contributed by atoms with Crippen LogP contribution in [-0.4, -0.2) is 0 Å². The summed E-state index contributed by atoms with van der Waals surface area (Å²) in [5.41, 5.74) is 7.77. The fourth-order valence-corrected chi connectivity index (χ4v) is 2.57. The van der Waals surface area contributed by atoms with Crippen molar-refractivity contribution in [3.8, 4) is 0 Å². The summed E-state index contributed by atoms with van der Waals surface area (Å²) < 4.78 is 0. The standard InChI is InChI=1S/C14H15NS/c1-10-7-8-13(11(2)9-10)16-14-6-4-3-5-12(14)15/h3-9H,15H2,1-2H3/p+1. The minimum atomic E-state index is 1.09. The zero-order valence-corrected chi connectivity index (χ0v) is 10.5. The Kier molecular flexibility index (Phi) is 3.32. The Morgan fingerprint density at radius 3 is 2.38 bits per heavy atom. The van der Waals surface area contributed by atoms with Crippen molar-refractivity contribution in [3.05, 3.63) is 53.6 Å². The fourth-order valence-electron chi connectivity index (χ4n) is 1.64. The van der Waals surface area contributed by atoms with Crippen LogP contribution in [0.1, 0.15) is 11.1 Å². The van der Waals surface area contributed by atoms with Crippen molar-refractivity contribution < 1.29 is 5.73 Å². The summed E-state index contributed by atoms with van der Waals surface area (Å²) in [5, 5.41) is 0. The van der Waals surface area contributed by atoms with Crippen molar-refractivity contribution in [2.75, 3.05) is 0 Å². The molecular formula is C14H16NS+. The zero-order valence-electron chi connectivity index (χ0n) is 9.66. The summed E-state index contributed by atoms with van der Waals surface area (Å²) in [6, 6.07) is 14.8. The van der Waals surface area contributed by atoms with Crippen LogP contribution in [0.15, 0.2) is 52.3 Å². The lowest BCUT2D eigenvalue weighted by molar-refractivity contribution is -0.258. The second-order valence-electron chi connectivity index (χ2n) is 3.98. The van der Waals surface area contributed by atoms with Crippen molar-refractivity contribution in [3.63, 3.8) is 0 Å². The molecule has 0 aliphatic heterocycles. The largest absolute Gasteiger partial charge is 0.324 e. The molecule has 2 aromatic carbocycles. The third-order valence-corrected chi connectivity index (χ3v) is 3.82. The molecule has 2 rings (SSSR count). The van der Waals surface area contributed by atoms with E-state index >= 15 is 0 Å². The van der Waals surface area contributed by atoms with Gasteiger partial charge in [0.1, 0.15) is 5.69 Å². The van der Waals surface area contributed by atoms with Crippen molar-refractivity contribution in [1.82, 2.24) is 0 Å². The Balaban J connectivity index is 2.31. The normalized spacial score (nSPS) is 10.4. The van der Waals surface area contributed by atoms with Crippen molar-refractivity contribution >= 4 is 17.4 Å². The first kappa shape index (κ1) is 11.2. The summed E-state index contributed by atoms with van der Waals surface area (Å²) in [7, 11) is 0. The van der Waals surface area contributed by atoms with E-state index < -0.39 is 0 Å². The molecule has 0 atom stereocenters. The number of quaternary nitrogens is 1. The Bertz CT molecular complexity index is 506. The molecule has 16 heavy (non-hydrogen) atoms. The second-order valence-corrected chi connectivity index (χ2v) is 5.06. The molecule has 0 spiro atoms. The molecule has 0 unspecified atom stereocenters. The molecule has 0 radical (unpaired) electrons. The average Bonchev–Trinajstić information content (AvgIpc) is 2.25. The number of hydrogen-bond donors (Lipinski definition) is 1. The van der Waals surface area contributed by atoms with Gasteiger partial charge in [0.15, 0.2) is 0 Å². The highest BCUT2D eigenvalue weighted by molar-refractivity contribution is 7.99. The quantitative estimate of drug-likeness (QED) is 0.842. The van der Waals surface area contributed by atoms with Gasteiger partial charge >= 0.3 is 0 Å². The molecular weight excluding hydrogens is 214 g/mol. The molecule has 0 aliphatic rings. The molecule has 0 saturated heterocycles. The van der Waals surface area contributed by atoms with Crippen LogP contribution < -0.4 is 5.73 Å². The zero-order chi connectivity index (χ0) is 11.5. The van der Waals surface area contributed by atoms with Gasteiger partial charge < -0.3 is 5.73 Å². The van der Waals surface area contributed by atoms with Gasteiger partial charge in [0, 0.05) is 11.0 Å². The maximum Gasteiger partial charge on any atom is 0.142 e. The Labute approximate surface area is 101 Å². The van der Waals surface area contributed by atoms with Gasteiger partial charge in [-0.15, -0.1) is 0 Å². The molecule has 0 fully saturated rings. The lowest BCUT2D eigenvalue weighted by Gasteiger charge is -2.06. The van der Waals surface area contributed by atoms with Crippen LogP contribution in [0, 0.1) is 13.8 Å². The summed E-state index contributed by atoms with van der Waals surface area (Å²) in [6.07, 6.45) is 0. The van der Waals surface area contributed by atoms with Crippen LogP contribution in [-0.2, 0) is 0 Å². The third kappa shape index (κ3) is 2.46. The number of hydrogen-bond acceptors (Lipinski definition) is 1. The molecule has 0 saturated carbocycles. The van der Waals surface area contributed by atoms with Gasteiger partial charge in [0.2, 0.25) is 0 Å². The van der Waals surface area contributed by atoms with E-state index in [2.05, 4.69) is 49.9 Å². The van der Waals surface area contributed by atoms with Gasteiger partial charge in [0.05, 0.1) is 4.90 Å². The Morgan fingerprint density at radius 2 is 1.69 bits per heavy atom. The third-order valence-electron chi connectivity index (χ3n) is 2.52. The lowest BCUT2D eigenvalue weighted by atomic mass is 10.2. The molecule has 3 N–H and O–H groups in total. The maximum atomic E-state index is 4.04. The Hall–Kier alpha value is -1.25. The Morgan fingerprint density at radius 1 is 0.938 bits per heavy atom. The molecule has 0 aromatic heterocycles. The van der Waals surface area contributed by atoms with Crippen LogP contribution in [0.4, 0.5) is 5.69 Å². The molecule has 0 amide bonds. The van der Waals surface area contributed by atoms with E-state index in [9.17, 15) is 0 Å². The minimum absolute atomic E-state index is 1.09. The number of benzene rings is 2. The van der Waals surface area contributed by atoms with E-state index in [0.29, 0.717) is 0 Å². The van der Waals surface area contributed by atoms with Gasteiger partial charge in [-0.2, -0.15) is 0 Å². The molecule has 0 heterocycles. The summed E-state index contributed by atoms with van der Waals surface area (Å²) >= 11 is 1.79. The van der Waals surface area contributed by atoms with E-state index in [4.69, 9.17) is 0 Å². The van der Waals surface area contributed by atoms with E-state index in [0.717, 1.165) is 5.69 Å². The second kappa shape index (κ2) is 4.73. The van der Waals surface area contributed by atoms with E-state index in [-0.39, 0.29) is 0 Å². The van der Waals surface area contributed by atoms with Gasteiger partial charge in [-0.25, -0.2) is 0 Å². The summed E-state index contributed by atoms with van der Waals surface area (Å²) in [4.78, 5) is 2.54. The van der Waals surface area contributed by atoms with Crippen molar-refractivity contribution in [1.29, 1.82) is 0 Å². The predicted molar refractivity (Wildman–Crippen MR) is 69.0 cm³/mol. The fraction of sp³-hybridized carbons (Fsp3) is 0.143. The van der Waals surface area contributed by atoms with Crippen molar-refractivity contribution in [2.24, 2.45) is 0 Å². The molecule has 0 bridgehead atoms. The van der Waals surface area contributed by atoms with Crippen molar-refractivity contribution in [2.45, 2.75) is 23.6 Å². The highest BCUT2D eigenvalue weighted by Crippen LogP contribution is 2.33. The highest BCUT2D eigenvalue weighted by atomic mass is 32.2. The predicted octanol–water partition coefficient (Wildman–Crippen LogP) is 3.33. The van der Waals surface area contributed by atoms with Gasteiger partial charge in [0.25, 0.3) is 0 Å². The van der Waals surface area contributed by atoms with Gasteiger partial charge in [-0.05, 0) is 31.5 Å². The number of aryl methyl sites for hydroxylation is 2. The maximum absolute atomic E-state index is 4.04. The molecule has 1 nitrogen and oxygen atoms in total. The minimum Gasteiger partial charge on any atom is -0.324 e. The number of rotatable bonds is 2. The van der Waals surface area contributed by atoms with Crippen LogP contribution in [0.3, 0.4) is 0 Å². The van der Waals surface area contributed by atoms with Crippen LogP contribution >= 0.6 is 11.8 Å². The smallest absolute Gasteiger partial charge is 0.142 e. The van der Waals surface area contributed by atoms with E-state index in [1.54, 1.807) is 11.8 Å². The summed E-state index contributed by atoms with van der Waals surface area (Å²) in [6.45, 7) is 4.28. The van der Waals surface area contributed by atoms with Crippen LogP contribution in [0.25, 0.3) is 0 Å². The molecule has 2 aromatic rings.